The normalized spacial score (nSPS) is 12.3. The molecule has 4 aromatic rings. The van der Waals surface area contributed by atoms with E-state index in [1.54, 1.807) is 29.2 Å². The molecule has 1 N–H and O–H groups in total. The first-order chi connectivity index (χ1) is 17.5. The molecule has 182 valence electrons. The third-order valence-corrected chi connectivity index (χ3v) is 6.50. The molecule has 7 heteroatoms. The predicted octanol–water partition coefficient (Wildman–Crippen LogP) is 5.35. The van der Waals surface area contributed by atoms with E-state index < -0.39 is 0 Å². The number of halogens is 1. The van der Waals surface area contributed by atoms with E-state index in [1.807, 2.05) is 66.1 Å². The number of carbonyl (C=O) groups is 2. The summed E-state index contributed by atoms with van der Waals surface area (Å²) in [6.07, 6.45) is 0. The molecule has 36 heavy (non-hydrogen) atoms. The summed E-state index contributed by atoms with van der Waals surface area (Å²) in [6, 6.07) is 26.5. The zero-order valence-electron chi connectivity index (χ0n) is 19.9. The molecule has 6 nitrogen and oxygen atoms in total. The highest BCUT2D eigenvalue weighted by molar-refractivity contribution is 6.30. The molecule has 0 radical (unpaired) electrons. The number of nitrogens with zero attached hydrogens (tertiary/aromatic N) is 2. The van der Waals surface area contributed by atoms with Gasteiger partial charge in [-0.25, -0.2) is 0 Å². The Morgan fingerprint density at radius 1 is 0.944 bits per heavy atom. The highest BCUT2D eigenvalue weighted by atomic mass is 35.5. The number of amides is 2. The summed E-state index contributed by atoms with van der Waals surface area (Å²) in [5.74, 6) is 0.260. The molecule has 3 aromatic carbocycles. The molecule has 0 saturated heterocycles. The molecule has 0 saturated carbocycles. The van der Waals surface area contributed by atoms with Gasteiger partial charge in [0.05, 0.1) is 13.1 Å². The number of aryl methyl sites for hydroxylation is 1. The van der Waals surface area contributed by atoms with E-state index in [0.717, 1.165) is 28.1 Å². The van der Waals surface area contributed by atoms with Crippen LogP contribution >= 0.6 is 11.6 Å². The Morgan fingerprint density at radius 2 is 1.75 bits per heavy atom. The monoisotopic (exact) mass is 499 g/mol. The fourth-order valence-electron chi connectivity index (χ4n) is 4.43. The number of ether oxygens (including phenoxy) is 1. The van der Waals surface area contributed by atoms with Gasteiger partial charge in [-0.2, -0.15) is 0 Å². The summed E-state index contributed by atoms with van der Waals surface area (Å²) in [4.78, 5) is 28.1. The summed E-state index contributed by atoms with van der Waals surface area (Å²) in [7, 11) is 0. The molecule has 5 rings (SSSR count). The van der Waals surface area contributed by atoms with Crippen LogP contribution in [0.4, 0.5) is 5.69 Å². The number of nitrogens with one attached hydrogen (secondary N) is 1. The van der Waals surface area contributed by atoms with Crippen LogP contribution in [0.1, 0.15) is 32.9 Å². The quantitative estimate of drug-likeness (QED) is 0.389. The molecule has 1 aliphatic heterocycles. The minimum atomic E-state index is -0.169. The van der Waals surface area contributed by atoms with Crippen LogP contribution in [0.3, 0.4) is 0 Å². The number of aromatic nitrogens is 1. The fraction of sp³-hybridized carbons (Fsp3) is 0.172. The van der Waals surface area contributed by atoms with Crippen molar-refractivity contribution in [3.63, 3.8) is 0 Å². The maximum atomic E-state index is 13.3. The van der Waals surface area contributed by atoms with E-state index in [-0.39, 0.29) is 18.4 Å². The van der Waals surface area contributed by atoms with Gasteiger partial charge in [0.1, 0.15) is 11.4 Å². The SMILES string of the molecule is Cc1cccc(CNC(=O)c2ccc3n2Cc2ccccc2N(C(=O)COc2ccc(Cl)cc2)C3)c1. The van der Waals surface area contributed by atoms with Crippen LogP contribution in [0, 0.1) is 6.92 Å². The molecular formula is C29H26ClN3O3. The van der Waals surface area contributed by atoms with Crippen molar-refractivity contribution >= 4 is 29.1 Å². The molecule has 1 aromatic heterocycles. The molecule has 2 amide bonds. The molecular weight excluding hydrogens is 474 g/mol. The van der Waals surface area contributed by atoms with Gasteiger partial charge in [-0.1, -0.05) is 59.6 Å². The van der Waals surface area contributed by atoms with Crippen LogP contribution in [0.2, 0.25) is 5.02 Å². The Morgan fingerprint density at radius 3 is 2.56 bits per heavy atom. The lowest BCUT2D eigenvalue weighted by Gasteiger charge is -2.22. The minimum Gasteiger partial charge on any atom is -0.484 e. The highest BCUT2D eigenvalue weighted by Crippen LogP contribution is 2.29. The first-order valence-corrected chi connectivity index (χ1v) is 12.1. The van der Waals surface area contributed by atoms with Crippen molar-refractivity contribution in [2.75, 3.05) is 11.5 Å². The average Bonchev–Trinajstić information content (AvgIpc) is 3.20. The topological polar surface area (TPSA) is 63.6 Å². The Kier molecular flexibility index (Phi) is 6.78. The number of anilines is 1. The van der Waals surface area contributed by atoms with E-state index >= 15 is 0 Å². The van der Waals surface area contributed by atoms with Crippen LogP contribution in [0.5, 0.6) is 5.75 Å². The second kappa shape index (κ2) is 10.3. The Balaban J connectivity index is 1.35. The number of hydrogen-bond donors (Lipinski definition) is 1. The predicted molar refractivity (Wildman–Crippen MR) is 140 cm³/mol. The third-order valence-electron chi connectivity index (χ3n) is 6.25. The van der Waals surface area contributed by atoms with Gasteiger partial charge in [-0.15, -0.1) is 0 Å². The van der Waals surface area contributed by atoms with Crippen LogP contribution < -0.4 is 15.0 Å². The van der Waals surface area contributed by atoms with E-state index in [1.165, 1.54) is 0 Å². The standard InChI is InChI=1S/C29H26ClN3O3/c1-20-5-4-6-21(15-20)16-31-29(35)27-14-11-24-18-33(26-8-3-2-7-22(26)17-32(24)27)28(34)19-36-25-12-9-23(30)10-13-25/h2-15H,16-19H2,1H3,(H,31,35). The smallest absolute Gasteiger partial charge is 0.268 e. The fourth-order valence-corrected chi connectivity index (χ4v) is 4.56. The van der Waals surface area contributed by atoms with Crippen molar-refractivity contribution in [2.45, 2.75) is 26.6 Å². The van der Waals surface area contributed by atoms with E-state index in [9.17, 15) is 9.59 Å². The number of carbonyl (C=O) groups excluding carboxylic acids is 2. The van der Waals surface area contributed by atoms with E-state index in [2.05, 4.69) is 11.4 Å². The van der Waals surface area contributed by atoms with Crippen molar-refractivity contribution in [1.29, 1.82) is 0 Å². The lowest BCUT2D eigenvalue weighted by molar-refractivity contribution is -0.120. The van der Waals surface area contributed by atoms with Crippen molar-refractivity contribution in [3.05, 3.63) is 118 Å². The number of fused-ring (bicyclic) bond motifs is 2. The van der Waals surface area contributed by atoms with Gasteiger partial charge in [0.2, 0.25) is 0 Å². The average molecular weight is 500 g/mol. The van der Waals surface area contributed by atoms with Crippen molar-refractivity contribution in [1.82, 2.24) is 9.88 Å². The Bertz CT molecular complexity index is 1410. The van der Waals surface area contributed by atoms with Crippen LogP contribution in [0.25, 0.3) is 0 Å². The molecule has 0 bridgehead atoms. The molecule has 0 fully saturated rings. The number of hydrogen-bond acceptors (Lipinski definition) is 3. The first-order valence-electron chi connectivity index (χ1n) is 11.8. The van der Waals surface area contributed by atoms with Crippen molar-refractivity contribution < 1.29 is 14.3 Å². The van der Waals surface area contributed by atoms with Gasteiger partial charge >= 0.3 is 0 Å². The molecule has 0 spiro atoms. The maximum Gasteiger partial charge on any atom is 0.268 e. The second-order valence-electron chi connectivity index (χ2n) is 8.82. The lowest BCUT2D eigenvalue weighted by Crippen LogP contribution is -2.34. The summed E-state index contributed by atoms with van der Waals surface area (Å²) in [5, 5.41) is 3.64. The zero-order chi connectivity index (χ0) is 25.1. The van der Waals surface area contributed by atoms with Crippen molar-refractivity contribution in [3.8, 4) is 5.75 Å². The zero-order valence-corrected chi connectivity index (χ0v) is 20.7. The van der Waals surface area contributed by atoms with E-state index in [4.69, 9.17) is 16.3 Å². The Labute approximate surface area is 215 Å². The van der Waals surface area contributed by atoms with Gasteiger partial charge < -0.3 is 19.5 Å². The number of rotatable bonds is 6. The number of benzene rings is 3. The summed E-state index contributed by atoms with van der Waals surface area (Å²) >= 11 is 5.94. The second-order valence-corrected chi connectivity index (χ2v) is 9.26. The molecule has 2 heterocycles. The molecule has 0 unspecified atom stereocenters. The highest BCUT2D eigenvalue weighted by Gasteiger charge is 2.26. The van der Waals surface area contributed by atoms with Gasteiger partial charge in [0.15, 0.2) is 6.61 Å². The Hall–Kier alpha value is -4.03. The molecule has 1 aliphatic rings. The summed E-state index contributed by atoms with van der Waals surface area (Å²) < 4.78 is 7.71. The van der Waals surface area contributed by atoms with E-state index in [0.29, 0.717) is 36.1 Å². The van der Waals surface area contributed by atoms with Gasteiger partial charge in [0, 0.05) is 22.9 Å². The van der Waals surface area contributed by atoms with Gasteiger partial charge in [-0.05, 0) is 60.5 Å². The molecule has 0 atom stereocenters. The van der Waals surface area contributed by atoms with Gasteiger partial charge in [0.25, 0.3) is 11.8 Å². The van der Waals surface area contributed by atoms with Crippen LogP contribution in [0.15, 0.2) is 84.9 Å². The van der Waals surface area contributed by atoms with Crippen LogP contribution in [-0.2, 0) is 24.4 Å². The maximum absolute atomic E-state index is 13.3. The molecule has 0 aliphatic carbocycles. The number of para-hydroxylation sites is 1. The van der Waals surface area contributed by atoms with Gasteiger partial charge in [-0.3, -0.25) is 9.59 Å². The first kappa shape index (κ1) is 23.7. The largest absolute Gasteiger partial charge is 0.484 e. The van der Waals surface area contributed by atoms with Crippen molar-refractivity contribution in [2.24, 2.45) is 0 Å². The summed E-state index contributed by atoms with van der Waals surface area (Å²) in [5.41, 5.74) is 5.43. The van der Waals surface area contributed by atoms with Crippen LogP contribution in [-0.4, -0.2) is 23.0 Å². The third kappa shape index (κ3) is 5.14. The summed E-state index contributed by atoms with van der Waals surface area (Å²) in [6.45, 7) is 3.20. The lowest BCUT2D eigenvalue weighted by atomic mass is 10.1. The minimum absolute atomic E-state index is 0.111.